The number of hydrogen-bond acceptors (Lipinski definition) is 4. The first kappa shape index (κ1) is 19.3. The van der Waals surface area contributed by atoms with Gasteiger partial charge in [-0.2, -0.15) is 0 Å². The van der Waals surface area contributed by atoms with Crippen molar-refractivity contribution in [1.29, 1.82) is 0 Å². The molecule has 6 heteroatoms. The zero-order valence-corrected chi connectivity index (χ0v) is 16.4. The van der Waals surface area contributed by atoms with Crippen LogP contribution in [0.4, 0.5) is 10.5 Å². The van der Waals surface area contributed by atoms with Crippen molar-refractivity contribution in [3.05, 3.63) is 54.1 Å². The number of anilines is 1. The summed E-state index contributed by atoms with van der Waals surface area (Å²) < 4.78 is 0. The quantitative estimate of drug-likeness (QED) is 0.880. The molecule has 1 fully saturated rings. The largest absolute Gasteiger partial charge is 0.351 e. The van der Waals surface area contributed by atoms with Gasteiger partial charge in [-0.05, 0) is 58.2 Å². The Morgan fingerprint density at radius 1 is 1.15 bits per heavy atom. The minimum absolute atomic E-state index is 0.0578. The highest BCUT2D eigenvalue weighted by atomic mass is 16.2. The molecule has 1 aromatic carbocycles. The summed E-state index contributed by atoms with van der Waals surface area (Å²) in [5, 5.41) is 0. The van der Waals surface area contributed by atoms with Gasteiger partial charge in [-0.3, -0.25) is 9.80 Å². The van der Waals surface area contributed by atoms with Crippen LogP contribution in [0, 0.1) is 12.8 Å². The zero-order chi connectivity index (χ0) is 19.4. The molecule has 1 saturated carbocycles. The Morgan fingerprint density at radius 3 is 2.26 bits per heavy atom. The van der Waals surface area contributed by atoms with Gasteiger partial charge >= 0.3 is 6.03 Å². The second-order valence-electron chi connectivity index (χ2n) is 7.67. The Labute approximate surface area is 161 Å². The molecule has 1 heterocycles. The minimum Gasteiger partial charge on any atom is -0.351 e. The van der Waals surface area contributed by atoms with Crippen LogP contribution in [0.15, 0.2) is 42.7 Å². The fraction of sp³-hybridized carbons (Fsp3) is 0.476. The number of amides is 2. The van der Waals surface area contributed by atoms with Crippen molar-refractivity contribution in [2.24, 2.45) is 11.7 Å². The number of rotatable bonds is 5. The van der Waals surface area contributed by atoms with Gasteiger partial charge in [0.2, 0.25) is 0 Å². The lowest BCUT2D eigenvalue weighted by Gasteiger charge is -2.46. The summed E-state index contributed by atoms with van der Waals surface area (Å²) in [6, 6.07) is 10.3. The van der Waals surface area contributed by atoms with Crippen LogP contribution in [-0.2, 0) is 5.54 Å². The van der Waals surface area contributed by atoms with E-state index in [0.717, 1.165) is 25.7 Å². The van der Waals surface area contributed by atoms with Crippen LogP contribution in [0.5, 0.6) is 0 Å². The van der Waals surface area contributed by atoms with Crippen LogP contribution >= 0.6 is 0 Å². The van der Waals surface area contributed by atoms with Crippen molar-refractivity contribution < 1.29 is 4.79 Å². The highest BCUT2D eigenvalue weighted by Gasteiger charge is 2.39. The Bertz CT molecular complexity index is 752. The molecule has 0 aliphatic heterocycles. The number of nitrogens with two attached hydrogens (primary N) is 1. The van der Waals surface area contributed by atoms with Crippen LogP contribution in [0.2, 0.25) is 0 Å². The Morgan fingerprint density at radius 2 is 1.74 bits per heavy atom. The Hall–Kier alpha value is -2.47. The van der Waals surface area contributed by atoms with E-state index >= 15 is 0 Å². The second-order valence-corrected chi connectivity index (χ2v) is 7.67. The third-order valence-electron chi connectivity index (χ3n) is 5.89. The van der Waals surface area contributed by atoms with Crippen LogP contribution < -0.4 is 10.6 Å². The number of aryl methyl sites for hydroxylation is 1. The molecule has 3 rings (SSSR count). The van der Waals surface area contributed by atoms with Crippen molar-refractivity contribution in [3.63, 3.8) is 0 Å². The first-order valence-corrected chi connectivity index (χ1v) is 9.51. The number of urea groups is 1. The van der Waals surface area contributed by atoms with Crippen LogP contribution in [0.1, 0.15) is 37.1 Å². The maximum atomic E-state index is 12.0. The number of carbonyl (C=O) groups excluding carboxylic acids is 1. The van der Waals surface area contributed by atoms with E-state index < -0.39 is 6.03 Å². The SMILES string of the molecule is Cc1ncc(N(CC2CCC(c3ccccc3)(N(C)C)CC2)C(N)=O)cn1. The predicted molar refractivity (Wildman–Crippen MR) is 107 cm³/mol. The van der Waals surface area contributed by atoms with E-state index in [1.54, 1.807) is 17.3 Å². The van der Waals surface area contributed by atoms with Gasteiger partial charge in [0, 0.05) is 12.1 Å². The molecule has 0 radical (unpaired) electrons. The molecule has 2 N–H and O–H groups in total. The third-order valence-corrected chi connectivity index (χ3v) is 5.89. The van der Waals surface area contributed by atoms with Gasteiger partial charge in [-0.15, -0.1) is 0 Å². The first-order valence-electron chi connectivity index (χ1n) is 9.51. The summed E-state index contributed by atoms with van der Waals surface area (Å²) in [4.78, 5) is 24.3. The molecular formula is C21H29N5O. The monoisotopic (exact) mass is 367 g/mol. The molecule has 1 aliphatic rings. The average molecular weight is 367 g/mol. The van der Waals surface area contributed by atoms with Gasteiger partial charge in [-0.1, -0.05) is 30.3 Å². The van der Waals surface area contributed by atoms with Gasteiger partial charge in [0.15, 0.2) is 0 Å². The summed E-state index contributed by atoms with van der Waals surface area (Å²) in [5.41, 5.74) is 7.73. The Balaban J connectivity index is 1.72. The van der Waals surface area contributed by atoms with E-state index in [1.807, 2.05) is 6.92 Å². The molecule has 0 atom stereocenters. The zero-order valence-electron chi connectivity index (χ0n) is 16.4. The van der Waals surface area contributed by atoms with Crippen LogP contribution in [-0.4, -0.2) is 41.5 Å². The standard InChI is InChI=1S/C21H29N5O/c1-16-23-13-19(14-24-16)26(20(22)27)15-17-9-11-21(12-10-17,25(2)3)18-7-5-4-6-8-18/h4-8,13-14,17H,9-12,15H2,1-3H3,(H2,22,27). The molecule has 0 unspecified atom stereocenters. The molecule has 0 spiro atoms. The lowest BCUT2D eigenvalue weighted by molar-refractivity contribution is 0.0788. The normalized spacial score (nSPS) is 22.6. The summed E-state index contributed by atoms with van der Waals surface area (Å²) in [6.45, 7) is 2.43. The van der Waals surface area contributed by atoms with Crippen molar-refractivity contribution in [2.75, 3.05) is 25.5 Å². The molecule has 0 bridgehead atoms. The molecule has 1 aromatic heterocycles. The molecule has 144 valence electrons. The third kappa shape index (κ3) is 4.11. The van der Waals surface area contributed by atoms with E-state index in [0.29, 0.717) is 24.0 Å². The highest BCUT2D eigenvalue weighted by molar-refractivity contribution is 5.90. The lowest BCUT2D eigenvalue weighted by Crippen LogP contribution is -2.47. The first-order chi connectivity index (χ1) is 12.9. The smallest absolute Gasteiger partial charge is 0.319 e. The van der Waals surface area contributed by atoms with Crippen molar-refractivity contribution >= 4 is 11.7 Å². The second kappa shape index (κ2) is 8.05. The maximum Gasteiger partial charge on any atom is 0.319 e. The average Bonchev–Trinajstić information content (AvgIpc) is 2.68. The molecule has 2 amide bonds. The Kier molecular flexibility index (Phi) is 5.75. The van der Waals surface area contributed by atoms with E-state index in [1.165, 1.54) is 5.56 Å². The molecular weight excluding hydrogens is 338 g/mol. The summed E-state index contributed by atoms with van der Waals surface area (Å²) in [7, 11) is 4.32. The number of nitrogens with zero attached hydrogens (tertiary/aromatic N) is 4. The number of primary amides is 1. The summed E-state index contributed by atoms with van der Waals surface area (Å²) in [6.07, 6.45) is 7.55. The van der Waals surface area contributed by atoms with Crippen molar-refractivity contribution in [3.8, 4) is 0 Å². The maximum absolute atomic E-state index is 12.0. The van der Waals surface area contributed by atoms with Crippen LogP contribution in [0.3, 0.4) is 0 Å². The van der Waals surface area contributed by atoms with Gasteiger partial charge in [0.25, 0.3) is 0 Å². The van der Waals surface area contributed by atoms with Gasteiger partial charge in [0.05, 0.1) is 18.1 Å². The fourth-order valence-corrected chi connectivity index (χ4v) is 4.19. The predicted octanol–water partition coefficient (Wildman–Crippen LogP) is 3.32. The molecule has 27 heavy (non-hydrogen) atoms. The summed E-state index contributed by atoms with van der Waals surface area (Å²) >= 11 is 0. The molecule has 6 nitrogen and oxygen atoms in total. The van der Waals surface area contributed by atoms with Gasteiger partial charge in [0.1, 0.15) is 5.82 Å². The van der Waals surface area contributed by atoms with Gasteiger partial charge in [-0.25, -0.2) is 14.8 Å². The van der Waals surface area contributed by atoms with Crippen molar-refractivity contribution in [2.45, 2.75) is 38.1 Å². The molecule has 0 saturated heterocycles. The minimum atomic E-state index is -0.449. The van der Waals surface area contributed by atoms with E-state index in [9.17, 15) is 4.79 Å². The topological polar surface area (TPSA) is 75.3 Å². The highest BCUT2D eigenvalue weighted by Crippen LogP contribution is 2.43. The number of aromatic nitrogens is 2. The summed E-state index contributed by atoms with van der Waals surface area (Å²) in [5.74, 6) is 1.09. The van der Waals surface area contributed by atoms with Gasteiger partial charge < -0.3 is 5.73 Å². The van der Waals surface area contributed by atoms with Crippen LogP contribution in [0.25, 0.3) is 0 Å². The van der Waals surface area contributed by atoms with E-state index in [4.69, 9.17) is 5.73 Å². The number of hydrogen-bond donors (Lipinski definition) is 1. The molecule has 2 aromatic rings. The fourth-order valence-electron chi connectivity index (χ4n) is 4.19. The van der Waals surface area contributed by atoms with E-state index in [2.05, 4.69) is 59.3 Å². The van der Waals surface area contributed by atoms with E-state index in [-0.39, 0.29) is 5.54 Å². The lowest BCUT2D eigenvalue weighted by atomic mass is 9.72. The number of carbonyl (C=O) groups is 1. The molecule has 1 aliphatic carbocycles. The number of benzene rings is 1. The van der Waals surface area contributed by atoms with Crippen molar-refractivity contribution in [1.82, 2.24) is 14.9 Å².